The molecule has 0 aliphatic heterocycles. The molecule has 0 bridgehead atoms. The van der Waals surface area contributed by atoms with Gasteiger partial charge in [0.1, 0.15) is 11.3 Å². The zero-order chi connectivity index (χ0) is 32.5. The van der Waals surface area contributed by atoms with Gasteiger partial charge in [0.15, 0.2) is 11.5 Å². The van der Waals surface area contributed by atoms with Crippen LogP contribution in [0.4, 0.5) is 4.79 Å². The Labute approximate surface area is 261 Å². The highest BCUT2D eigenvalue weighted by Gasteiger charge is 2.25. The van der Waals surface area contributed by atoms with Gasteiger partial charge in [-0.2, -0.15) is 10.1 Å². The Hall–Kier alpha value is -4.90. The van der Waals surface area contributed by atoms with Crippen molar-refractivity contribution in [2.24, 2.45) is 0 Å². The maximum Gasteiger partial charge on any atom is 0.437 e. The molecule has 0 aliphatic carbocycles. The van der Waals surface area contributed by atoms with E-state index in [4.69, 9.17) is 9.26 Å². The van der Waals surface area contributed by atoms with E-state index in [1.54, 1.807) is 27.0 Å². The molecule has 11 nitrogen and oxygen atoms in total. The number of carbonyl (C=O) groups excluding carboxylic acids is 2. The number of aliphatic hydroxyl groups is 1. The fourth-order valence-electron chi connectivity index (χ4n) is 4.71. The summed E-state index contributed by atoms with van der Waals surface area (Å²) >= 11 is 0. The lowest BCUT2D eigenvalue weighted by Crippen LogP contribution is -2.27. The Morgan fingerprint density at radius 3 is 2.31 bits per heavy atom. The molecule has 5 aromatic rings. The molecule has 234 valence electrons. The van der Waals surface area contributed by atoms with Gasteiger partial charge in [0.2, 0.25) is 0 Å². The second-order valence-electron chi connectivity index (χ2n) is 13.0. The van der Waals surface area contributed by atoms with Gasteiger partial charge in [-0.15, -0.1) is 4.68 Å². The highest BCUT2D eigenvalue weighted by atomic mass is 16.6. The van der Waals surface area contributed by atoms with Crippen LogP contribution in [0.3, 0.4) is 0 Å². The van der Waals surface area contributed by atoms with Crippen molar-refractivity contribution in [3.05, 3.63) is 83.1 Å². The van der Waals surface area contributed by atoms with E-state index >= 15 is 0 Å². The molecule has 0 atom stereocenters. The van der Waals surface area contributed by atoms with Crippen LogP contribution in [-0.2, 0) is 23.1 Å². The van der Waals surface area contributed by atoms with Crippen molar-refractivity contribution >= 4 is 23.0 Å². The summed E-state index contributed by atoms with van der Waals surface area (Å²) in [5.41, 5.74) is 5.31. The van der Waals surface area contributed by atoms with Gasteiger partial charge in [-0.05, 0) is 68.5 Å². The van der Waals surface area contributed by atoms with Crippen molar-refractivity contribution in [2.75, 3.05) is 6.61 Å². The first-order valence-corrected chi connectivity index (χ1v) is 14.8. The van der Waals surface area contributed by atoms with E-state index in [-0.39, 0.29) is 24.5 Å². The summed E-state index contributed by atoms with van der Waals surface area (Å²) in [4.78, 5) is 34.7. The number of hydrogen-bond donors (Lipinski definition) is 2. The Morgan fingerprint density at radius 1 is 0.978 bits per heavy atom. The van der Waals surface area contributed by atoms with Crippen LogP contribution in [0.2, 0.25) is 0 Å². The lowest BCUT2D eigenvalue weighted by Gasteiger charge is -2.18. The number of aryl methyl sites for hydroxylation is 1. The number of amides is 1. The molecule has 45 heavy (non-hydrogen) atoms. The highest BCUT2D eigenvalue weighted by molar-refractivity contribution is 5.97. The van der Waals surface area contributed by atoms with Crippen molar-refractivity contribution in [1.82, 2.24) is 30.2 Å². The average Bonchev–Trinajstić information content (AvgIpc) is 3.62. The molecule has 11 heteroatoms. The molecule has 0 aliphatic rings. The second kappa shape index (κ2) is 12.2. The van der Waals surface area contributed by atoms with Gasteiger partial charge in [-0.3, -0.25) is 4.79 Å². The van der Waals surface area contributed by atoms with Crippen molar-refractivity contribution in [2.45, 2.75) is 72.4 Å². The van der Waals surface area contributed by atoms with E-state index in [1.165, 1.54) is 4.68 Å². The lowest BCUT2D eigenvalue weighted by molar-refractivity contribution is 0.0522. The largest absolute Gasteiger partial charge is 0.442 e. The summed E-state index contributed by atoms with van der Waals surface area (Å²) < 4.78 is 12.0. The van der Waals surface area contributed by atoms with Crippen molar-refractivity contribution in [1.29, 1.82) is 0 Å². The van der Waals surface area contributed by atoms with Crippen LogP contribution in [0, 0.1) is 6.92 Å². The summed E-state index contributed by atoms with van der Waals surface area (Å²) in [6, 6.07) is 15.7. The number of ether oxygens (including phenoxy) is 1. The molecule has 0 radical (unpaired) electrons. The van der Waals surface area contributed by atoms with Gasteiger partial charge in [0, 0.05) is 41.3 Å². The van der Waals surface area contributed by atoms with Crippen LogP contribution in [0.25, 0.3) is 33.4 Å². The Kier molecular flexibility index (Phi) is 8.57. The van der Waals surface area contributed by atoms with Crippen LogP contribution in [0.15, 0.2) is 59.3 Å². The number of aliphatic hydroxyl groups excluding tert-OH is 1. The lowest BCUT2D eigenvalue weighted by atomic mass is 9.96. The van der Waals surface area contributed by atoms with Gasteiger partial charge in [0.25, 0.3) is 0 Å². The third kappa shape index (κ3) is 7.09. The first-order valence-electron chi connectivity index (χ1n) is 14.8. The Bertz CT molecular complexity index is 1860. The quantitative estimate of drug-likeness (QED) is 0.226. The van der Waals surface area contributed by atoms with Crippen molar-refractivity contribution in [3.8, 4) is 22.4 Å². The van der Waals surface area contributed by atoms with Crippen LogP contribution >= 0.6 is 0 Å². The molecule has 0 fully saturated rings. The zero-order valence-corrected chi connectivity index (χ0v) is 26.6. The number of pyridine rings is 1. The number of hydrogen-bond acceptors (Lipinski definition) is 9. The molecule has 3 heterocycles. The maximum absolute atomic E-state index is 13.2. The van der Waals surface area contributed by atoms with Crippen LogP contribution < -0.4 is 5.32 Å². The van der Waals surface area contributed by atoms with Gasteiger partial charge in [0.05, 0.1) is 0 Å². The molecule has 5 rings (SSSR count). The highest BCUT2D eigenvalue weighted by Crippen LogP contribution is 2.32. The SMILES string of the molecule is Cc1cc(-c2nn(C(=O)OC(C)(C)C)c3ncc(-c4ccc(CCO)cc4)cc23)ccc1CNC(=O)c1nc(C(C)(C)C)no1. The van der Waals surface area contributed by atoms with Crippen LogP contribution in [0.1, 0.15) is 74.7 Å². The van der Waals surface area contributed by atoms with Crippen LogP contribution in [-0.4, -0.2) is 54.2 Å². The first kappa shape index (κ1) is 31.5. The molecule has 0 spiro atoms. The minimum Gasteiger partial charge on any atom is -0.442 e. The predicted molar refractivity (Wildman–Crippen MR) is 170 cm³/mol. The maximum atomic E-state index is 13.2. The Balaban J connectivity index is 1.47. The summed E-state index contributed by atoms with van der Waals surface area (Å²) in [5, 5.41) is 21.4. The molecular weight excluding hydrogens is 572 g/mol. The second-order valence-corrected chi connectivity index (χ2v) is 13.0. The van der Waals surface area contributed by atoms with Gasteiger partial charge < -0.3 is 19.7 Å². The summed E-state index contributed by atoms with van der Waals surface area (Å²) in [5.74, 6) is -0.0751. The fraction of sp³-hybridized carbons (Fsp3) is 0.353. The van der Waals surface area contributed by atoms with E-state index in [0.29, 0.717) is 29.0 Å². The number of rotatable bonds is 7. The van der Waals surface area contributed by atoms with Crippen molar-refractivity contribution < 1.29 is 24.0 Å². The third-order valence-corrected chi connectivity index (χ3v) is 7.12. The number of fused-ring (bicyclic) bond motifs is 1. The molecule has 2 N–H and O–H groups in total. The minimum absolute atomic E-state index is 0.0836. The topological polar surface area (TPSA) is 145 Å². The normalized spacial score (nSPS) is 12.0. The standard InChI is InChI=1S/C34H38N6O5/c1-20-16-23(12-13-24(20)18-36-29(42)30-37-31(39-45-30)33(2,3)4)27-26-17-25(22-10-8-21(9-11-22)14-15-41)19-35-28(26)40(38-27)32(43)44-34(5,6)7/h8-13,16-17,19,41H,14-15,18H2,1-7H3,(H,36,42). The smallest absolute Gasteiger partial charge is 0.437 e. The van der Waals surface area contributed by atoms with Gasteiger partial charge in [-0.25, -0.2) is 9.78 Å². The molecule has 0 saturated carbocycles. The molecule has 1 amide bonds. The van der Waals surface area contributed by atoms with Gasteiger partial charge >= 0.3 is 17.9 Å². The van der Waals surface area contributed by atoms with Gasteiger partial charge in [-0.1, -0.05) is 62.3 Å². The number of nitrogens with one attached hydrogen (secondary N) is 1. The van der Waals surface area contributed by atoms with Crippen molar-refractivity contribution in [3.63, 3.8) is 0 Å². The average molecular weight is 611 g/mol. The Morgan fingerprint density at radius 2 is 1.69 bits per heavy atom. The predicted octanol–water partition coefficient (Wildman–Crippen LogP) is 6.00. The van der Waals surface area contributed by atoms with E-state index in [1.807, 2.05) is 76.2 Å². The summed E-state index contributed by atoms with van der Waals surface area (Å²) in [7, 11) is 0. The minimum atomic E-state index is -0.718. The number of benzene rings is 2. The summed E-state index contributed by atoms with van der Waals surface area (Å²) in [6.07, 6.45) is 1.66. The fourth-order valence-corrected chi connectivity index (χ4v) is 4.71. The molecule has 2 aromatic carbocycles. The zero-order valence-electron chi connectivity index (χ0n) is 26.6. The molecule has 0 saturated heterocycles. The van der Waals surface area contributed by atoms with E-state index in [9.17, 15) is 14.7 Å². The molecular formula is C34H38N6O5. The number of carbonyl (C=O) groups is 2. The number of aromatic nitrogens is 5. The summed E-state index contributed by atoms with van der Waals surface area (Å²) in [6.45, 7) is 13.5. The van der Waals surface area contributed by atoms with E-state index in [0.717, 1.165) is 33.4 Å². The monoisotopic (exact) mass is 610 g/mol. The van der Waals surface area contributed by atoms with E-state index < -0.39 is 17.6 Å². The molecule has 3 aromatic heterocycles. The third-order valence-electron chi connectivity index (χ3n) is 7.12. The molecule has 0 unspecified atom stereocenters. The first-order chi connectivity index (χ1) is 21.2. The number of nitrogens with zero attached hydrogens (tertiary/aromatic N) is 5. The van der Waals surface area contributed by atoms with Crippen LogP contribution in [0.5, 0.6) is 0 Å². The van der Waals surface area contributed by atoms with E-state index in [2.05, 4.69) is 25.5 Å².